The number of amides is 1. The maximum atomic E-state index is 12.8. The van der Waals surface area contributed by atoms with Gasteiger partial charge in [-0.3, -0.25) is 9.78 Å². The minimum absolute atomic E-state index is 0.0320. The summed E-state index contributed by atoms with van der Waals surface area (Å²) in [5.74, 6) is -0.0581. The fraction of sp³-hybridized carbons (Fsp3) is 0.400. The van der Waals surface area contributed by atoms with E-state index in [4.69, 9.17) is 0 Å². The lowest BCUT2D eigenvalue weighted by Crippen LogP contribution is -2.39. The molecule has 0 N–H and O–H groups in total. The number of pyridine rings is 1. The minimum atomic E-state index is -3.42. The van der Waals surface area contributed by atoms with Crippen LogP contribution in [0.5, 0.6) is 0 Å². The number of sulfonamides is 1. The van der Waals surface area contributed by atoms with Gasteiger partial charge in [0, 0.05) is 44.5 Å². The number of benzene rings is 1. The molecule has 0 aliphatic rings. The Morgan fingerprint density at radius 3 is 2.15 bits per heavy atom. The average Bonchev–Trinajstić information content (AvgIpc) is 2.63. The molecule has 7 heteroatoms. The zero-order valence-electron chi connectivity index (χ0n) is 16.1. The highest BCUT2D eigenvalue weighted by atomic mass is 32.2. The first-order valence-corrected chi connectivity index (χ1v) is 10.8. The van der Waals surface area contributed by atoms with Crippen LogP contribution in [0.25, 0.3) is 0 Å². The highest BCUT2D eigenvalue weighted by Gasteiger charge is 2.22. The van der Waals surface area contributed by atoms with Gasteiger partial charge in [0.25, 0.3) is 0 Å². The molecule has 0 fully saturated rings. The molecule has 0 aliphatic carbocycles. The Morgan fingerprint density at radius 1 is 1.00 bits per heavy atom. The molecule has 0 bridgehead atoms. The predicted octanol–water partition coefficient (Wildman–Crippen LogP) is 2.67. The molecule has 0 unspecified atom stereocenters. The van der Waals surface area contributed by atoms with Crippen LogP contribution in [0.1, 0.15) is 31.4 Å². The van der Waals surface area contributed by atoms with Crippen molar-refractivity contribution in [3.63, 3.8) is 0 Å². The molecular weight excluding hydrogens is 362 g/mol. The molecule has 1 aromatic carbocycles. The monoisotopic (exact) mass is 389 g/mol. The summed E-state index contributed by atoms with van der Waals surface area (Å²) >= 11 is 0. The number of hydrogen-bond donors (Lipinski definition) is 0. The van der Waals surface area contributed by atoms with Gasteiger partial charge < -0.3 is 4.90 Å². The van der Waals surface area contributed by atoms with Crippen molar-refractivity contribution in [2.45, 2.75) is 39.4 Å². The highest BCUT2D eigenvalue weighted by Crippen LogP contribution is 2.13. The predicted molar refractivity (Wildman–Crippen MR) is 106 cm³/mol. The normalized spacial score (nSPS) is 11.7. The fourth-order valence-electron chi connectivity index (χ4n) is 2.76. The second kappa shape index (κ2) is 9.62. The van der Waals surface area contributed by atoms with Crippen LogP contribution in [-0.2, 0) is 27.9 Å². The quantitative estimate of drug-likeness (QED) is 0.661. The van der Waals surface area contributed by atoms with Gasteiger partial charge in [0.15, 0.2) is 0 Å². The van der Waals surface area contributed by atoms with Gasteiger partial charge in [-0.05, 0) is 37.1 Å². The van der Waals surface area contributed by atoms with E-state index < -0.39 is 10.0 Å². The third-order valence-electron chi connectivity index (χ3n) is 4.29. The van der Waals surface area contributed by atoms with Crippen LogP contribution in [0.4, 0.5) is 0 Å². The molecular formula is C20H27N3O3S. The largest absolute Gasteiger partial charge is 0.336 e. The van der Waals surface area contributed by atoms with Gasteiger partial charge in [0.2, 0.25) is 15.9 Å². The summed E-state index contributed by atoms with van der Waals surface area (Å²) in [6.07, 6.45) is 4.56. The zero-order chi connectivity index (χ0) is 19.9. The Balaban J connectivity index is 2.04. The Kier molecular flexibility index (Phi) is 7.50. The Bertz CT molecular complexity index is 824. The summed E-state index contributed by atoms with van der Waals surface area (Å²) in [4.78, 5) is 18.5. The van der Waals surface area contributed by atoms with Crippen LogP contribution >= 0.6 is 0 Å². The number of aromatic nitrogens is 1. The van der Waals surface area contributed by atoms with E-state index in [1.165, 1.54) is 10.6 Å². The van der Waals surface area contributed by atoms with E-state index in [0.717, 1.165) is 11.1 Å². The van der Waals surface area contributed by atoms with Crippen LogP contribution in [0.2, 0.25) is 0 Å². The number of rotatable bonds is 9. The van der Waals surface area contributed by atoms with E-state index in [1.807, 2.05) is 44.2 Å². The minimum Gasteiger partial charge on any atom is -0.336 e. The number of carbonyl (C=O) groups is 1. The summed E-state index contributed by atoms with van der Waals surface area (Å²) < 4.78 is 25.6. The summed E-state index contributed by atoms with van der Waals surface area (Å²) in [5.41, 5.74) is 1.89. The lowest BCUT2D eigenvalue weighted by Gasteiger charge is -2.28. The maximum absolute atomic E-state index is 12.8. The van der Waals surface area contributed by atoms with Crippen molar-refractivity contribution in [3.05, 3.63) is 66.0 Å². The van der Waals surface area contributed by atoms with Crippen molar-refractivity contribution in [1.82, 2.24) is 14.2 Å². The van der Waals surface area contributed by atoms with Gasteiger partial charge in [0.05, 0.1) is 6.26 Å². The van der Waals surface area contributed by atoms with E-state index >= 15 is 0 Å². The summed E-state index contributed by atoms with van der Waals surface area (Å²) in [7, 11) is -3.42. The van der Waals surface area contributed by atoms with E-state index in [2.05, 4.69) is 4.98 Å². The average molecular weight is 390 g/mol. The molecule has 6 nitrogen and oxygen atoms in total. The van der Waals surface area contributed by atoms with Crippen LogP contribution < -0.4 is 0 Å². The van der Waals surface area contributed by atoms with Crippen molar-refractivity contribution >= 4 is 15.9 Å². The molecule has 0 radical (unpaired) electrons. The van der Waals surface area contributed by atoms with Crippen molar-refractivity contribution in [1.29, 1.82) is 0 Å². The Hall–Kier alpha value is -2.25. The first-order valence-electron chi connectivity index (χ1n) is 8.95. The van der Waals surface area contributed by atoms with Crippen LogP contribution in [0.15, 0.2) is 54.9 Å². The van der Waals surface area contributed by atoms with E-state index in [0.29, 0.717) is 6.54 Å². The smallest absolute Gasteiger partial charge is 0.224 e. The van der Waals surface area contributed by atoms with E-state index in [9.17, 15) is 13.2 Å². The van der Waals surface area contributed by atoms with Crippen molar-refractivity contribution in [2.75, 3.05) is 12.8 Å². The highest BCUT2D eigenvalue weighted by molar-refractivity contribution is 7.88. The topological polar surface area (TPSA) is 70.6 Å². The summed E-state index contributed by atoms with van der Waals surface area (Å²) in [5, 5.41) is 0. The third kappa shape index (κ3) is 6.77. The molecule has 1 heterocycles. The summed E-state index contributed by atoms with van der Waals surface area (Å²) in [6, 6.07) is 13.4. The van der Waals surface area contributed by atoms with Gasteiger partial charge in [-0.15, -0.1) is 0 Å². The molecule has 0 atom stereocenters. The first kappa shape index (κ1) is 21.1. The first-order chi connectivity index (χ1) is 12.8. The fourth-order valence-corrected chi connectivity index (χ4v) is 3.56. The molecule has 1 amide bonds. The maximum Gasteiger partial charge on any atom is 0.224 e. The third-order valence-corrected chi connectivity index (χ3v) is 5.54. The molecule has 2 aromatic rings. The number of nitrogens with zero attached hydrogens (tertiary/aromatic N) is 3. The van der Waals surface area contributed by atoms with Gasteiger partial charge in [-0.25, -0.2) is 8.42 Å². The molecule has 146 valence electrons. The van der Waals surface area contributed by atoms with Gasteiger partial charge >= 0.3 is 0 Å². The second-order valence-corrected chi connectivity index (χ2v) is 8.79. The van der Waals surface area contributed by atoms with Gasteiger partial charge in [0.1, 0.15) is 0 Å². The molecule has 2 rings (SSSR count). The molecule has 0 aliphatic heterocycles. The lowest BCUT2D eigenvalue weighted by molar-refractivity contribution is -0.133. The van der Waals surface area contributed by atoms with Crippen molar-refractivity contribution in [2.24, 2.45) is 0 Å². The zero-order valence-corrected chi connectivity index (χ0v) is 16.9. The molecule has 1 aromatic heterocycles. The standard InChI is InChI=1S/C20H27N3O3S/c1-17(2)23(16-18-7-5-4-6-8-18)20(24)11-14-22(27(3,25)26)15-19-9-12-21-13-10-19/h4-10,12-13,17H,11,14-16H2,1-3H3. The van der Waals surface area contributed by atoms with Gasteiger partial charge in [-0.1, -0.05) is 30.3 Å². The SMILES string of the molecule is CC(C)N(Cc1ccccc1)C(=O)CCN(Cc1ccncc1)S(C)(=O)=O. The number of carbonyl (C=O) groups excluding carboxylic acids is 1. The van der Waals surface area contributed by atoms with E-state index in [-0.39, 0.29) is 31.5 Å². The van der Waals surface area contributed by atoms with Gasteiger partial charge in [-0.2, -0.15) is 4.31 Å². The molecule has 27 heavy (non-hydrogen) atoms. The van der Waals surface area contributed by atoms with Crippen molar-refractivity contribution < 1.29 is 13.2 Å². The van der Waals surface area contributed by atoms with E-state index in [1.54, 1.807) is 29.4 Å². The Labute approximate surface area is 161 Å². The summed E-state index contributed by atoms with van der Waals surface area (Å²) in [6.45, 7) is 4.83. The molecule has 0 spiro atoms. The van der Waals surface area contributed by atoms with Crippen LogP contribution in [0, 0.1) is 0 Å². The lowest BCUT2D eigenvalue weighted by atomic mass is 10.1. The second-order valence-electron chi connectivity index (χ2n) is 6.80. The number of hydrogen-bond acceptors (Lipinski definition) is 4. The van der Waals surface area contributed by atoms with Crippen molar-refractivity contribution in [3.8, 4) is 0 Å². The van der Waals surface area contributed by atoms with Crippen LogP contribution in [-0.4, -0.2) is 47.4 Å². The van der Waals surface area contributed by atoms with Crippen LogP contribution in [0.3, 0.4) is 0 Å². The Morgan fingerprint density at radius 2 is 1.59 bits per heavy atom. The molecule has 0 saturated heterocycles. The molecule has 0 saturated carbocycles.